The second-order valence-electron chi connectivity index (χ2n) is 6.00. The first-order valence-electron chi connectivity index (χ1n) is 7.12. The summed E-state index contributed by atoms with van der Waals surface area (Å²) in [6, 6.07) is -0.0445. The number of carboxylic acids is 1. The summed E-state index contributed by atoms with van der Waals surface area (Å²) in [6.07, 6.45) is 4.44. The van der Waals surface area contributed by atoms with Crippen LogP contribution in [0.2, 0.25) is 0 Å². The Morgan fingerprint density at radius 3 is 2.68 bits per heavy atom. The van der Waals surface area contributed by atoms with Crippen LogP contribution in [0.25, 0.3) is 0 Å². The van der Waals surface area contributed by atoms with Crippen molar-refractivity contribution >= 4 is 11.9 Å². The molecule has 0 bridgehead atoms. The molecule has 0 aromatic heterocycles. The van der Waals surface area contributed by atoms with Gasteiger partial charge in [-0.25, -0.2) is 0 Å². The third-order valence-electron chi connectivity index (χ3n) is 4.32. The highest BCUT2D eigenvalue weighted by atomic mass is 16.4. The zero-order valence-electron chi connectivity index (χ0n) is 11.9. The summed E-state index contributed by atoms with van der Waals surface area (Å²) in [5.41, 5.74) is 5.57. The van der Waals surface area contributed by atoms with Crippen LogP contribution in [0.15, 0.2) is 0 Å². The maximum Gasteiger partial charge on any atom is 0.303 e. The second-order valence-corrected chi connectivity index (χ2v) is 6.00. The molecule has 0 aromatic carbocycles. The summed E-state index contributed by atoms with van der Waals surface area (Å²) >= 11 is 0. The minimum atomic E-state index is -0.764. The van der Waals surface area contributed by atoms with Crippen LogP contribution >= 0.6 is 0 Å². The van der Waals surface area contributed by atoms with E-state index in [1.54, 1.807) is 0 Å². The van der Waals surface area contributed by atoms with Gasteiger partial charge in [-0.15, -0.1) is 0 Å². The molecule has 19 heavy (non-hydrogen) atoms. The number of hydrogen-bond donors (Lipinski definition) is 3. The SMILES string of the molecule is CC(CCNC(=O)C1(C)CCCC1N)CCC(=O)O. The Morgan fingerprint density at radius 2 is 2.16 bits per heavy atom. The predicted octanol–water partition coefficient (Wildman–Crippen LogP) is 1.51. The van der Waals surface area contributed by atoms with E-state index in [4.69, 9.17) is 10.8 Å². The van der Waals surface area contributed by atoms with Gasteiger partial charge in [0.1, 0.15) is 0 Å². The summed E-state index contributed by atoms with van der Waals surface area (Å²) in [5, 5.41) is 11.5. The van der Waals surface area contributed by atoms with E-state index in [9.17, 15) is 9.59 Å². The molecule has 0 radical (unpaired) electrons. The fraction of sp³-hybridized carbons (Fsp3) is 0.857. The van der Waals surface area contributed by atoms with Gasteiger partial charge in [0.15, 0.2) is 0 Å². The van der Waals surface area contributed by atoms with E-state index in [1.165, 1.54) is 0 Å². The molecule has 110 valence electrons. The molecule has 0 saturated heterocycles. The first kappa shape index (κ1) is 16.0. The molecule has 3 atom stereocenters. The van der Waals surface area contributed by atoms with Crippen LogP contribution in [0.3, 0.4) is 0 Å². The van der Waals surface area contributed by atoms with Crippen molar-refractivity contribution in [1.82, 2.24) is 5.32 Å². The van der Waals surface area contributed by atoms with Crippen LogP contribution in [-0.2, 0) is 9.59 Å². The number of carboxylic acid groups (broad SMARTS) is 1. The van der Waals surface area contributed by atoms with Gasteiger partial charge in [0, 0.05) is 19.0 Å². The Labute approximate surface area is 114 Å². The van der Waals surface area contributed by atoms with Gasteiger partial charge in [-0.05, 0) is 38.5 Å². The quantitative estimate of drug-likeness (QED) is 0.654. The molecule has 1 fully saturated rings. The summed E-state index contributed by atoms with van der Waals surface area (Å²) in [7, 11) is 0. The molecule has 4 N–H and O–H groups in total. The highest BCUT2D eigenvalue weighted by Gasteiger charge is 2.42. The normalized spacial score (nSPS) is 28.1. The van der Waals surface area contributed by atoms with Crippen LogP contribution in [0.1, 0.15) is 52.4 Å². The fourth-order valence-corrected chi connectivity index (χ4v) is 2.62. The van der Waals surface area contributed by atoms with E-state index < -0.39 is 11.4 Å². The number of rotatable bonds is 7. The van der Waals surface area contributed by atoms with E-state index >= 15 is 0 Å². The zero-order chi connectivity index (χ0) is 14.5. The third-order valence-corrected chi connectivity index (χ3v) is 4.32. The van der Waals surface area contributed by atoms with Crippen LogP contribution in [0.4, 0.5) is 0 Å². The second kappa shape index (κ2) is 6.89. The average molecular weight is 270 g/mol. The van der Waals surface area contributed by atoms with Gasteiger partial charge in [0.25, 0.3) is 0 Å². The molecule has 3 unspecified atom stereocenters. The minimum Gasteiger partial charge on any atom is -0.481 e. The van der Waals surface area contributed by atoms with E-state index in [0.29, 0.717) is 18.9 Å². The fourth-order valence-electron chi connectivity index (χ4n) is 2.62. The smallest absolute Gasteiger partial charge is 0.303 e. The average Bonchev–Trinajstić information content (AvgIpc) is 2.68. The van der Waals surface area contributed by atoms with E-state index in [-0.39, 0.29) is 18.4 Å². The Balaban J connectivity index is 2.25. The summed E-state index contributed by atoms with van der Waals surface area (Å²) < 4.78 is 0. The maximum atomic E-state index is 12.1. The Kier molecular flexibility index (Phi) is 5.79. The highest BCUT2D eigenvalue weighted by molar-refractivity contribution is 5.83. The molecule has 1 aliphatic rings. The predicted molar refractivity (Wildman–Crippen MR) is 73.6 cm³/mol. The van der Waals surface area contributed by atoms with Crippen molar-refractivity contribution in [2.45, 2.75) is 58.4 Å². The van der Waals surface area contributed by atoms with Crippen molar-refractivity contribution in [3.63, 3.8) is 0 Å². The first-order valence-corrected chi connectivity index (χ1v) is 7.12. The Hall–Kier alpha value is -1.10. The van der Waals surface area contributed by atoms with Crippen LogP contribution < -0.4 is 11.1 Å². The Bertz CT molecular complexity index is 333. The highest BCUT2D eigenvalue weighted by Crippen LogP contribution is 2.36. The molecule has 0 spiro atoms. The van der Waals surface area contributed by atoms with Gasteiger partial charge in [-0.2, -0.15) is 0 Å². The van der Waals surface area contributed by atoms with Crippen molar-refractivity contribution in [2.75, 3.05) is 6.54 Å². The van der Waals surface area contributed by atoms with Crippen molar-refractivity contribution in [3.05, 3.63) is 0 Å². The molecule has 1 aliphatic carbocycles. The largest absolute Gasteiger partial charge is 0.481 e. The topological polar surface area (TPSA) is 92.4 Å². The molecule has 5 heteroatoms. The van der Waals surface area contributed by atoms with Gasteiger partial charge in [0.05, 0.1) is 5.41 Å². The first-order chi connectivity index (χ1) is 8.86. The number of carbonyl (C=O) groups is 2. The zero-order valence-corrected chi connectivity index (χ0v) is 11.9. The lowest BCUT2D eigenvalue weighted by atomic mass is 9.84. The van der Waals surface area contributed by atoms with Crippen LogP contribution in [0.5, 0.6) is 0 Å². The number of amides is 1. The third kappa shape index (κ3) is 4.49. The molecule has 1 amide bonds. The van der Waals surface area contributed by atoms with Gasteiger partial charge in [-0.1, -0.05) is 13.3 Å². The summed E-state index contributed by atoms with van der Waals surface area (Å²) in [5.74, 6) is -0.412. The summed E-state index contributed by atoms with van der Waals surface area (Å²) in [6.45, 7) is 4.55. The lowest BCUT2D eigenvalue weighted by Crippen LogP contribution is -2.47. The Morgan fingerprint density at radius 1 is 1.47 bits per heavy atom. The van der Waals surface area contributed by atoms with Crippen LogP contribution in [-0.4, -0.2) is 29.6 Å². The molecule has 1 saturated carbocycles. The number of nitrogens with two attached hydrogens (primary N) is 1. The van der Waals surface area contributed by atoms with Gasteiger partial charge in [-0.3, -0.25) is 9.59 Å². The number of nitrogens with one attached hydrogen (secondary N) is 1. The molecular weight excluding hydrogens is 244 g/mol. The molecular formula is C14H26N2O3. The van der Waals surface area contributed by atoms with Crippen molar-refractivity contribution in [3.8, 4) is 0 Å². The summed E-state index contributed by atoms with van der Waals surface area (Å²) in [4.78, 5) is 22.6. The van der Waals surface area contributed by atoms with E-state index in [2.05, 4.69) is 5.32 Å². The van der Waals surface area contributed by atoms with Crippen molar-refractivity contribution in [1.29, 1.82) is 0 Å². The van der Waals surface area contributed by atoms with E-state index in [0.717, 1.165) is 25.7 Å². The van der Waals surface area contributed by atoms with Crippen LogP contribution in [0, 0.1) is 11.3 Å². The van der Waals surface area contributed by atoms with Crippen molar-refractivity contribution < 1.29 is 14.7 Å². The standard InChI is InChI=1S/C14H26N2O3/c1-10(5-6-12(17)18)7-9-16-13(19)14(2)8-3-4-11(14)15/h10-11H,3-9,15H2,1-2H3,(H,16,19)(H,17,18). The van der Waals surface area contributed by atoms with Gasteiger partial charge in [0.2, 0.25) is 5.91 Å². The van der Waals surface area contributed by atoms with Gasteiger partial charge >= 0.3 is 5.97 Å². The van der Waals surface area contributed by atoms with Crippen molar-refractivity contribution in [2.24, 2.45) is 17.1 Å². The molecule has 5 nitrogen and oxygen atoms in total. The molecule has 0 heterocycles. The lowest BCUT2D eigenvalue weighted by molar-refractivity contribution is -0.137. The minimum absolute atomic E-state index is 0.0444. The maximum absolute atomic E-state index is 12.1. The molecule has 1 rings (SSSR count). The molecule has 0 aromatic rings. The molecule has 0 aliphatic heterocycles. The van der Waals surface area contributed by atoms with E-state index in [1.807, 2.05) is 13.8 Å². The number of carbonyl (C=O) groups excluding carboxylic acids is 1. The monoisotopic (exact) mass is 270 g/mol. The number of hydrogen-bond acceptors (Lipinski definition) is 3. The van der Waals surface area contributed by atoms with Gasteiger partial charge < -0.3 is 16.2 Å². The number of aliphatic carboxylic acids is 1. The lowest BCUT2D eigenvalue weighted by Gasteiger charge is -2.27.